The molecule has 0 bridgehead atoms. The monoisotopic (exact) mass is 330 g/mol. The van der Waals surface area contributed by atoms with E-state index in [4.69, 9.17) is 0 Å². The average molecular weight is 331 g/mol. The van der Waals surface area contributed by atoms with Crippen LogP contribution in [0.1, 0.15) is 24.1 Å². The number of para-hydroxylation sites is 1. The molecule has 20 heavy (non-hydrogen) atoms. The molecule has 1 heterocycles. The zero-order valence-electron chi connectivity index (χ0n) is 11.1. The molecule has 2 N–H and O–H groups in total. The summed E-state index contributed by atoms with van der Waals surface area (Å²) in [6.45, 7) is 2.11. The van der Waals surface area contributed by atoms with E-state index in [9.17, 15) is 4.79 Å². The topological polar surface area (TPSA) is 41.1 Å². The van der Waals surface area contributed by atoms with Crippen molar-refractivity contribution in [3.63, 3.8) is 0 Å². The van der Waals surface area contributed by atoms with Gasteiger partial charge in [-0.1, -0.05) is 47.1 Å². The van der Waals surface area contributed by atoms with Crippen LogP contribution in [0.2, 0.25) is 0 Å². The predicted octanol–water partition coefficient (Wildman–Crippen LogP) is 4.12. The minimum atomic E-state index is -0.353. The van der Waals surface area contributed by atoms with Crippen molar-refractivity contribution < 1.29 is 4.79 Å². The van der Waals surface area contributed by atoms with Gasteiger partial charge in [0.2, 0.25) is 0 Å². The van der Waals surface area contributed by atoms with E-state index in [1.807, 2.05) is 36.4 Å². The molecule has 1 atom stereocenters. The Bertz CT molecular complexity index is 669. The first-order valence-electron chi connectivity index (χ1n) is 6.64. The van der Waals surface area contributed by atoms with Crippen molar-refractivity contribution in [3.05, 3.63) is 58.1 Å². The lowest BCUT2D eigenvalue weighted by Gasteiger charge is -2.16. The number of hydrogen-bond acceptors (Lipinski definition) is 2. The van der Waals surface area contributed by atoms with Gasteiger partial charge >= 0.3 is 0 Å². The number of nitrogens with one attached hydrogen (secondary N) is 2. The molecule has 0 aromatic heterocycles. The molecule has 0 radical (unpaired) electrons. The minimum Gasteiger partial charge on any atom is -0.370 e. The lowest BCUT2D eigenvalue weighted by molar-refractivity contribution is -0.116. The number of hydrogen-bond donors (Lipinski definition) is 2. The highest BCUT2D eigenvalue weighted by Crippen LogP contribution is 2.38. The van der Waals surface area contributed by atoms with E-state index >= 15 is 0 Å². The second-order valence-electron chi connectivity index (χ2n) is 4.78. The fourth-order valence-corrected chi connectivity index (χ4v) is 3.13. The third-order valence-electron chi connectivity index (χ3n) is 3.56. The number of aryl methyl sites for hydroxylation is 1. The first-order chi connectivity index (χ1) is 9.70. The number of fused-ring (bicyclic) bond motifs is 1. The van der Waals surface area contributed by atoms with Crippen LogP contribution in [0, 0.1) is 0 Å². The van der Waals surface area contributed by atoms with Gasteiger partial charge in [0.1, 0.15) is 6.04 Å². The SMILES string of the molecule is CCc1ccccc1NC1C(=O)Nc2cccc(Br)c21. The fraction of sp³-hybridized carbons (Fsp3) is 0.188. The molecule has 1 aliphatic heterocycles. The van der Waals surface area contributed by atoms with Crippen molar-refractivity contribution in [2.24, 2.45) is 0 Å². The largest absolute Gasteiger partial charge is 0.370 e. The zero-order chi connectivity index (χ0) is 14.1. The third kappa shape index (κ3) is 2.20. The molecule has 2 aromatic rings. The van der Waals surface area contributed by atoms with Gasteiger partial charge in [0.15, 0.2) is 0 Å². The smallest absolute Gasteiger partial charge is 0.251 e. The predicted molar refractivity (Wildman–Crippen MR) is 85.0 cm³/mol. The lowest BCUT2D eigenvalue weighted by Crippen LogP contribution is -2.20. The second kappa shape index (κ2) is 5.29. The highest BCUT2D eigenvalue weighted by molar-refractivity contribution is 9.10. The summed E-state index contributed by atoms with van der Waals surface area (Å²) >= 11 is 3.53. The Labute approximate surface area is 126 Å². The number of carbonyl (C=O) groups is 1. The van der Waals surface area contributed by atoms with Crippen molar-refractivity contribution >= 4 is 33.2 Å². The quantitative estimate of drug-likeness (QED) is 0.888. The van der Waals surface area contributed by atoms with Gasteiger partial charge in [0.25, 0.3) is 5.91 Å². The van der Waals surface area contributed by atoms with Gasteiger partial charge in [-0.15, -0.1) is 0 Å². The number of halogens is 1. The number of benzene rings is 2. The Morgan fingerprint density at radius 3 is 2.80 bits per heavy atom. The summed E-state index contributed by atoms with van der Waals surface area (Å²) in [5.74, 6) is -0.0159. The van der Waals surface area contributed by atoms with Crippen LogP contribution in [0.3, 0.4) is 0 Å². The second-order valence-corrected chi connectivity index (χ2v) is 5.63. The normalized spacial score (nSPS) is 16.7. The van der Waals surface area contributed by atoms with Crippen molar-refractivity contribution in [1.82, 2.24) is 0 Å². The van der Waals surface area contributed by atoms with E-state index in [1.165, 1.54) is 5.56 Å². The Kier molecular flexibility index (Phi) is 3.49. The standard InChI is InChI=1S/C16H15BrN2O/c1-2-10-6-3-4-8-12(10)18-15-14-11(17)7-5-9-13(14)19-16(15)20/h3-9,15,18H,2H2,1H3,(H,19,20). The minimum absolute atomic E-state index is 0.0159. The van der Waals surface area contributed by atoms with Crippen LogP contribution < -0.4 is 10.6 Å². The van der Waals surface area contributed by atoms with E-state index in [2.05, 4.69) is 39.6 Å². The van der Waals surface area contributed by atoms with Gasteiger partial charge in [-0.05, 0) is 30.2 Å². The number of carbonyl (C=O) groups excluding carboxylic acids is 1. The van der Waals surface area contributed by atoms with Crippen molar-refractivity contribution in [2.45, 2.75) is 19.4 Å². The van der Waals surface area contributed by atoms with E-state index in [-0.39, 0.29) is 11.9 Å². The maximum Gasteiger partial charge on any atom is 0.251 e. The lowest BCUT2D eigenvalue weighted by atomic mass is 10.1. The van der Waals surface area contributed by atoms with E-state index in [1.54, 1.807) is 0 Å². The molecule has 3 nitrogen and oxygen atoms in total. The molecule has 0 fully saturated rings. The summed E-state index contributed by atoms with van der Waals surface area (Å²) in [5, 5.41) is 6.28. The van der Waals surface area contributed by atoms with Crippen LogP contribution in [0.15, 0.2) is 46.9 Å². The highest BCUT2D eigenvalue weighted by atomic mass is 79.9. The van der Waals surface area contributed by atoms with E-state index in [0.29, 0.717) is 0 Å². The molecule has 0 saturated heterocycles. The van der Waals surface area contributed by atoms with Gasteiger partial charge in [-0.3, -0.25) is 4.79 Å². The highest BCUT2D eigenvalue weighted by Gasteiger charge is 2.32. The maximum atomic E-state index is 12.2. The molecule has 102 valence electrons. The Hall–Kier alpha value is -1.81. The van der Waals surface area contributed by atoms with Crippen LogP contribution >= 0.6 is 15.9 Å². The molecule has 3 rings (SSSR count). The zero-order valence-corrected chi connectivity index (χ0v) is 12.7. The first kappa shape index (κ1) is 13.2. The molecule has 1 amide bonds. The van der Waals surface area contributed by atoms with Gasteiger partial charge in [-0.2, -0.15) is 0 Å². The van der Waals surface area contributed by atoms with Gasteiger partial charge in [0, 0.05) is 21.4 Å². The van der Waals surface area contributed by atoms with Crippen molar-refractivity contribution in [1.29, 1.82) is 0 Å². The molecular formula is C16H15BrN2O. The molecule has 1 aliphatic rings. The Morgan fingerprint density at radius 2 is 2.00 bits per heavy atom. The molecule has 0 spiro atoms. The summed E-state index contributed by atoms with van der Waals surface area (Å²) in [4.78, 5) is 12.2. The summed E-state index contributed by atoms with van der Waals surface area (Å²) in [6, 6.07) is 13.5. The van der Waals surface area contributed by atoms with Crippen LogP contribution in [0.25, 0.3) is 0 Å². The fourth-order valence-electron chi connectivity index (χ4n) is 2.54. The third-order valence-corrected chi connectivity index (χ3v) is 4.25. The molecule has 0 aliphatic carbocycles. The summed E-state index contributed by atoms with van der Waals surface area (Å²) in [5.41, 5.74) is 4.07. The van der Waals surface area contributed by atoms with Crippen LogP contribution in [0.4, 0.5) is 11.4 Å². The van der Waals surface area contributed by atoms with Crippen molar-refractivity contribution in [3.8, 4) is 0 Å². The summed E-state index contributed by atoms with van der Waals surface area (Å²) < 4.78 is 0.944. The molecule has 1 unspecified atom stereocenters. The molecular weight excluding hydrogens is 316 g/mol. The molecule has 4 heteroatoms. The van der Waals surface area contributed by atoms with Crippen molar-refractivity contribution in [2.75, 3.05) is 10.6 Å². The number of anilines is 2. The maximum absolute atomic E-state index is 12.2. The van der Waals surface area contributed by atoms with Crippen LogP contribution in [-0.4, -0.2) is 5.91 Å². The number of rotatable bonds is 3. The van der Waals surface area contributed by atoms with Gasteiger partial charge < -0.3 is 10.6 Å². The van der Waals surface area contributed by atoms with Crippen LogP contribution in [0.5, 0.6) is 0 Å². The Balaban J connectivity index is 1.98. The molecule has 0 saturated carbocycles. The average Bonchev–Trinajstić information content (AvgIpc) is 2.77. The summed E-state index contributed by atoms with van der Waals surface area (Å²) in [7, 11) is 0. The van der Waals surface area contributed by atoms with Gasteiger partial charge in [0.05, 0.1) is 0 Å². The van der Waals surface area contributed by atoms with E-state index < -0.39 is 0 Å². The number of amides is 1. The Morgan fingerprint density at radius 1 is 1.20 bits per heavy atom. The van der Waals surface area contributed by atoms with E-state index in [0.717, 1.165) is 27.8 Å². The van der Waals surface area contributed by atoms with Gasteiger partial charge in [-0.25, -0.2) is 0 Å². The van der Waals surface area contributed by atoms with Crippen LogP contribution in [-0.2, 0) is 11.2 Å². The molecule has 2 aromatic carbocycles. The first-order valence-corrected chi connectivity index (χ1v) is 7.43. The summed E-state index contributed by atoms with van der Waals surface area (Å²) in [6.07, 6.45) is 0.931.